The monoisotopic (exact) mass is 222 g/mol. The first kappa shape index (κ1) is 12.0. The molecular weight excluding hydrogens is 208 g/mol. The quantitative estimate of drug-likeness (QED) is 0.614. The standard InChI is InChI=1S/C10H14N4S/c1-7-4-8(2)14-10(13-7)15-6-9(5-11)12-3/h4,9,12H,6H2,1-3H3. The zero-order valence-electron chi connectivity index (χ0n) is 9.11. The van der Waals surface area contributed by atoms with Gasteiger partial charge in [0.2, 0.25) is 0 Å². The molecule has 15 heavy (non-hydrogen) atoms. The van der Waals surface area contributed by atoms with E-state index in [9.17, 15) is 0 Å². The minimum absolute atomic E-state index is 0.153. The van der Waals surface area contributed by atoms with Crippen molar-refractivity contribution in [3.8, 4) is 6.07 Å². The van der Waals surface area contributed by atoms with E-state index >= 15 is 0 Å². The van der Waals surface area contributed by atoms with E-state index in [1.165, 1.54) is 11.8 Å². The molecule has 1 aromatic heterocycles. The zero-order chi connectivity index (χ0) is 11.3. The topological polar surface area (TPSA) is 61.6 Å². The van der Waals surface area contributed by atoms with E-state index in [0.717, 1.165) is 16.5 Å². The predicted octanol–water partition coefficient (Wildman–Crippen LogP) is 1.30. The summed E-state index contributed by atoms with van der Waals surface area (Å²) in [6.45, 7) is 3.89. The SMILES string of the molecule is CNC(C#N)CSc1nc(C)cc(C)n1. The van der Waals surface area contributed by atoms with Gasteiger partial charge in [-0.2, -0.15) is 5.26 Å². The van der Waals surface area contributed by atoms with Crippen molar-refractivity contribution in [1.29, 1.82) is 5.26 Å². The molecule has 0 fully saturated rings. The van der Waals surface area contributed by atoms with E-state index in [4.69, 9.17) is 5.26 Å². The molecule has 0 saturated carbocycles. The highest BCUT2D eigenvalue weighted by Gasteiger charge is 2.06. The van der Waals surface area contributed by atoms with Crippen LogP contribution in [0.25, 0.3) is 0 Å². The van der Waals surface area contributed by atoms with Gasteiger partial charge < -0.3 is 5.32 Å². The molecule has 0 aromatic carbocycles. The van der Waals surface area contributed by atoms with E-state index in [1.54, 1.807) is 7.05 Å². The summed E-state index contributed by atoms with van der Waals surface area (Å²) in [5, 5.41) is 12.4. The fourth-order valence-electron chi connectivity index (χ4n) is 1.10. The molecule has 1 atom stereocenters. The second-order valence-corrected chi connectivity index (χ2v) is 4.20. The molecule has 0 saturated heterocycles. The smallest absolute Gasteiger partial charge is 0.188 e. The molecule has 1 aromatic rings. The van der Waals surface area contributed by atoms with Gasteiger partial charge in [-0.15, -0.1) is 0 Å². The molecule has 1 heterocycles. The lowest BCUT2D eigenvalue weighted by molar-refractivity contribution is 0.747. The van der Waals surface area contributed by atoms with Crippen LogP contribution in [0.2, 0.25) is 0 Å². The molecule has 5 heteroatoms. The fraction of sp³-hybridized carbons (Fsp3) is 0.500. The second-order valence-electron chi connectivity index (χ2n) is 3.21. The molecule has 0 aliphatic rings. The molecule has 1 rings (SSSR count). The first-order valence-corrected chi connectivity index (χ1v) is 5.66. The number of nitrogens with one attached hydrogen (secondary N) is 1. The maximum absolute atomic E-state index is 8.75. The summed E-state index contributed by atoms with van der Waals surface area (Å²) in [5.74, 6) is 0.663. The van der Waals surface area contributed by atoms with Crippen LogP contribution in [0, 0.1) is 25.2 Å². The van der Waals surface area contributed by atoms with Crippen LogP contribution in [0.15, 0.2) is 11.2 Å². The summed E-state index contributed by atoms with van der Waals surface area (Å²) in [5.41, 5.74) is 1.92. The molecule has 80 valence electrons. The number of hydrogen-bond acceptors (Lipinski definition) is 5. The van der Waals surface area contributed by atoms with Crippen LogP contribution in [0.1, 0.15) is 11.4 Å². The van der Waals surface area contributed by atoms with E-state index < -0.39 is 0 Å². The van der Waals surface area contributed by atoms with Crippen LogP contribution in [0.5, 0.6) is 0 Å². The molecule has 0 aliphatic carbocycles. The highest BCUT2D eigenvalue weighted by Crippen LogP contribution is 2.14. The highest BCUT2D eigenvalue weighted by atomic mass is 32.2. The summed E-state index contributed by atoms with van der Waals surface area (Å²) in [6.07, 6.45) is 0. The average Bonchev–Trinajstić information content (AvgIpc) is 2.18. The van der Waals surface area contributed by atoms with Crippen molar-refractivity contribution < 1.29 is 0 Å². The van der Waals surface area contributed by atoms with Crippen molar-refractivity contribution >= 4 is 11.8 Å². The van der Waals surface area contributed by atoms with Crippen LogP contribution in [-0.2, 0) is 0 Å². The first-order chi connectivity index (χ1) is 7.15. The minimum atomic E-state index is -0.153. The van der Waals surface area contributed by atoms with Gasteiger partial charge in [0, 0.05) is 17.1 Å². The van der Waals surface area contributed by atoms with Crippen LogP contribution in [0.4, 0.5) is 0 Å². The van der Waals surface area contributed by atoms with Crippen LogP contribution < -0.4 is 5.32 Å². The highest BCUT2D eigenvalue weighted by molar-refractivity contribution is 7.99. The number of nitriles is 1. The Hall–Kier alpha value is -1.12. The summed E-state index contributed by atoms with van der Waals surface area (Å²) in [7, 11) is 1.77. The van der Waals surface area contributed by atoms with Crippen LogP contribution in [-0.4, -0.2) is 28.8 Å². The Balaban J connectivity index is 2.62. The largest absolute Gasteiger partial charge is 0.304 e. The van der Waals surface area contributed by atoms with Crippen molar-refractivity contribution in [2.24, 2.45) is 0 Å². The molecule has 0 bridgehead atoms. The predicted molar refractivity (Wildman–Crippen MR) is 60.7 cm³/mol. The second kappa shape index (κ2) is 5.69. The molecule has 0 radical (unpaired) electrons. The lowest BCUT2D eigenvalue weighted by Crippen LogP contribution is -2.25. The van der Waals surface area contributed by atoms with Gasteiger partial charge in [-0.25, -0.2) is 9.97 Å². The number of rotatable bonds is 4. The zero-order valence-corrected chi connectivity index (χ0v) is 9.93. The maximum atomic E-state index is 8.75. The third-order valence-corrected chi connectivity index (χ3v) is 2.79. The van der Waals surface area contributed by atoms with E-state index in [-0.39, 0.29) is 6.04 Å². The Morgan fingerprint density at radius 2 is 2.07 bits per heavy atom. The van der Waals surface area contributed by atoms with Gasteiger partial charge in [0.15, 0.2) is 5.16 Å². The summed E-state index contributed by atoms with van der Waals surface area (Å²) in [4.78, 5) is 8.58. The molecule has 0 amide bonds. The van der Waals surface area contributed by atoms with Crippen molar-refractivity contribution in [3.63, 3.8) is 0 Å². The summed E-state index contributed by atoms with van der Waals surface area (Å²) < 4.78 is 0. The molecular formula is C10H14N4S. The van der Waals surface area contributed by atoms with Crippen molar-refractivity contribution in [2.45, 2.75) is 25.0 Å². The maximum Gasteiger partial charge on any atom is 0.188 e. The fourth-order valence-corrected chi connectivity index (χ4v) is 2.08. The molecule has 4 nitrogen and oxygen atoms in total. The van der Waals surface area contributed by atoms with E-state index in [2.05, 4.69) is 21.4 Å². The van der Waals surface area contributed by atoms with Crippen LogP contribution in [0.3, 0.4) is 0 Å². The molecule has 0 spiro atoms. The van der Waals surface area contributed by atoms with Gasteiger partial charge in [0.05, 0.1) is 6.07 Å². The number of thioether (sulfide) groups is 1. The van der Waals surface area contributed by atoms with Crippen LogP contribution >= 0.6 is 11.8 Å². The Morgan fingerprint density at radius 3 is 2.53 bits per heavy atom. The molecule has 0 aliphatic heterocycles. The van der Waals surface area contributed by atoms with Gasteiger partial charge in [-0.05, 0) is 27.0 Å². The minimum Gasteiger partial charge on any atom is -0.304 e. The normalized spacial score (nSPS) is 12.1. The Morgan fingerprint density at radius 1 is 1.47 bits per heavy atom. The van der Waals surface area contributed by atoms with Crippen molar-refractivity contribution in [1.82, 2.24) is 15.3 Å². The molecule has 1 unspecified atom stereocenters. The van der Waals surface area contributed by atoms with Crippen molar-refractivity contribution in [3.05, 3.63) is 17.5 Å². The Bertz CT molecular complexity index is 352. The average molecular weight is 222 g/mol. The van der Waals surface area contributed by atoms with E-state index in [0.29, 0.717) is 5.75 Å². The van der Waals surface area contributed by atoms with Gasteiger partial charge in [-0.3, -0.25) is 0 Å². The summed E-state index contributed by atoms with van der Waals surface area (Å²) >= 11 is 1.50. The van der Waals surface area contributed by atoms with Gasteiger partial charge >= 0.3 is 0 Å². The van der Waals surface area contributed by atoms with Gasteiger partial charge in [0.1, 0.15) is 6.04 Å². The van der Waals surface area contributed by atoms with Crippen molar-refractivity contribution in [2.75, 3.05) is 12.8 Å². The first-order valence-electron chi connectivity index (χ1n) is 4.67. The van der Waals surface area contributed by atoms with E-state index in [1.807, 2.05) is 19.9 Å². The lowest BCUT2D eigenvalue weighted by Gasteiger charge is -2.06. The van der Waals surface area contributed by atoms with Gasteiger partial charge in [0.25, 0.3) is 0 Å². The lowest BCUT2D eigenvalue weighted by atomic mass is 10.4. The third-order valence-electron chi connectivity index (χ3n) is 1.85. The summed E-state index contributed by atoms with van der Waals surface area (Å²) in [6, 6.07) is 3.94. The molecule has 1 N–H and O–H groups in total. The Kier molecular flexibility index (Phi) is 4.53. The number of aryl methyl sites for hydroxylation is 2. The Labute approximate surface area is 94.1 Å². The van der Waals surface area contributed by atoms with Gasteiger partial charge in [-0.1, -0.05) is 11.8 Å². The third kappa shape index (κ3) is 3.86. The number of hydrogen-bond donors (Lipinski definition) is 1. The number of aromatic nitrogens is 2. The number of nitrogens with zero attached hydrogens (tertiary/aromatic N) is 3.